The summed E-state index contributed by atoms with van der Waals surface area (Å²) in [5.74, 6) is 0.101. The number of rotatable bonds is 6. The maximum absolute atomic E-state index is 13.2. The number of carbonyl (C=O) groups excluding carboxylic acids is 2. The number of benzene rings is 2. The number of hydrogen-bond acceptors (Lipinski definition) is 2. The van der Waals surface area contributed by atoms with E-state index >= 15 is 0 Å². The van der Waals surface area contributed by atoms with Gasteiger partial charge in [0.05, 0.1) is 0 Å². The first-order chi connectivity index (χ1) is 13.0. The molecule has 0 heterocycles. The third-order valence-corrected chi connectivity index (χ3v) is 5.57. The highest BCUT2D eigenvalue weighted by Gasteiger charge is 2.33. The standard InChI is InChI=1S/C23H26N2O2/c1-15-4-3-5-21(16(15)2)23(27)25(20-12-13-20)14-17-6-8-18(9-7-17)22(26)24-19-10-11-19/h3-9,19-20H,10-14H2,1-2H3,(H,24,26). The molecule has 2 aromatic carbocycles. The van der Waals surface area contributed by atoms with E-state index in [2.05, 4.69) is 5.32 Å². The van der Waals surface area contributed by atoms with Crippen LogP contribution in [0.25, 0.3) is 0 Å². The van der Waals surface area contributed by atoms with Crippen molar-refractivity contribution in [3.05, 3.63) is 70.3 Å². The van der Waals surface area contributed by atoms with Crippen molar-refractivity contribution in [2.24, 2.45) is 0 Å². The molecule has 0 atom stereocenters. The molecule has 140 valence electrons. The van der Waals surface area contributed by atoms with Crippen molar-refractivity contribution in [2.45, 2.75) is 58.2 Å². The fourth-order valence-corrected chi connectivity index (χ4v) is 3.35. The fraction of sp³-hybridized carbons (Fsp3) is 0.391. The number of carbonyl (C=O) groups is 2. The number of hydrogen-bond donors (Lipinski definition) is 1. The van der Waals surface area contributed by atoms with Gasteiger partial charge in [-0.25, -0.2) is 0 Å². The van der Waals surface area contributed by atoms with Crippen LogP contribution in [0.2, 0.25) is 0 Å². The van der Waals surface area contributed by atoms with E-state index in [1.807, 2.05) is 61.2 Å². The van der Waals surface area contributed by atoms with Gasteiger partial charge in [0, 0.05) is 29.8 Å². The zero-order valence-electron chi connectivity index (χ0n) is 16.0. The van der Waals surface area contributed by atoms with Gasteiger partial charge in [0.1, 0.15) is 0 Å². The molecular formula is C23H26N2O2. The summed E-state index contributed by atoms with van der Waals surface area (Å²) < 4.78 is 0. The molecule has 0 saturated heterocycles. The second kappa shape index (κ2) is 7.18. The zero-order valence-corrected chi connectivity index (χ0v) is 16.0. The van der Waals surface area contributed by atoms with Crippen LogP contribution in [0.4, 0.5) is 0 Å². The van der Waals surface area contributed by atoms with E-state index < -0.39 is 0 Å². The van der Waals surface area contributed by atoms with Crippen LogP contribution < -0.4 is 5.32 Å². The summed E-state index contributed by atoms with van der Waals surface area (Å²) in [6.45, 7) is 4.64. The van der Waals surface area contributed by atoms with Crippen molar-refractivity contribution in [2.75, 3.05) is 0 Å². The van der Waals surface area contributed by atoms with Crippen molar-refractivity contribution < 1.29 is 9.59 Å². The predicted molar refractivity (Wildman–Crippen MR) is 106 cm³/mol. The Balaban J connectivity index is 1.49. The monoisotopic (exact) mass is 362 g/mol. The van der Waals surface area contributed by atoms with E-state index in [1.165, 1.54) is 0 Å². The minimum atomic E-state index is -0.00504. The van der Waals surface area contributed by atoms with Crippen LogP contribution in [0, 0.1) is 13.8 Å². The Morgan fingerprint density at radius 3 is 2.33 bits per heavy atom. The molecule has 27 heavy (non-hydrogen) atoms. The Morgan fingerprint density at radius 1 is 1.00 bits per heavy atom. The van der Waals surface area contributed by atoms with Gasteiger partial charge in [-0.05, 0) is 74.4 Å². The average molecular weight is 362 g/mol. The normalized spacial score (nSPS) is 16.1. The fourth-order valence-electron chi connectivity index (χ4n) is 3.35. The van der Waals surface area contributed by atoms with Gasteiger partial charge in [0.2, 0.25) is 0 Å². The molecule has 0 unspecified atom stereocenters. The zero-order chi connectivity index (χ0) is 19.0. The van der Waals surface area contributed by atoms with E-state index in [9.17, 15) is 9.59 Å². The molecule has 0 aliphatic heterocycles. The maximum Gasteiger partial charge on any atom is 0.254 e. The van der Waals surface area contributed by atoms with E-state index in [4.69, 9.17) is 0 Å². The summed E-state index contributed by atoms with van der Waals surface area (Å²) in [6.07, 6.45) is 4.30. The third kappa shape index (κ3) is 4.05. The van der Waals surface area contributed by atoms with Gasteiger partial charge < -0.3 is 10.2 Å². The predicted octanol–water partition coefficient (Wildman–Crippen LogP) is 4.00. The molecule has 0 aromatic heterocycles. The number of amides is 2. The van der Waals surface area contributed by atoms with E-state index in [0.29, 0.717) is 24.2 Å². The Labute approximate surface area is 160 Å². The smallest absolute Gasteiger partial charge is 0.254 e. The topological polar surface area (TPSA) is 49.4 Å². The molecule has 0 radical (unpaired) electrons. The van der Waals surface area contributed by atoms with Crippen LogP contribution in [0.5, 0.6) is 0 Å². The van der Waals surface area contributed by atoms with Crippen molar-refractivity contribution in [3.63, 3.8) is 0 Å². The second-order valence-electron chi connectivity index (χ2n) is 7.86. The Kier molecular flexibility index (Phi) is 4.73. The van der Waals surface area contributed by atoms with Gasteiger partial charge in [0.25, 0.3) is 11.8 Å². The molecular weight excluding hydrogens is 336 g/mol. The van der Waals surface area contributed by atoms with Crippen LogP contribution in [-0.4, -0.2) is 28.8 Å². The molecule has 2 amide bonds. The molecule has 2 fully saturated rings. The Bertz CT molecular complexity index is 864. The maximum atomic E-state index is 13.2. The first kappa shape index (κ1) is 17.8. The van der Waals surface area contributed by atoms with Crippen LogP contribution in [0.3, 0.4) is 0 Å². The van der Waals surface area contributed by atoms with Gasteiger partial charge in [-0.1, -0.05) is 24.3 Å². The van der Waals surface area contributed by atoms with Crippen molar-refractivity contribution >= 4 is 11.8 Å². The van der Waals surface area contributed by atoms with Gasteiger partial charge in [0.15, 0.2) is 0 Å². The van der Waals surface area contributed by atoms with Crippen molar-refractivity contribution in [1.29, 1.82) is 0 Å². The summed E-state index contributed by atoms with van der Waals surface area (Å²) in [7, 11) is 0. The highest BCUT2D eigenvalue weighted by atomic mass is 16.2. The molecule has 0 spiro atoms. The summed E-state index contributed by atoms with van der Waals surface area (Å²) in [4.78, 5) is 27.3. The average Bonchev–Trinajstić information content (AvgIpc) is 3.56. The molecule has 0 bridgehead atoms. The largest absolute Gasteiger partial charge is 0.349 e. The molecule has 4 nitrogen and oxygen atoms in total. The minimum Gasteiger partial charge on any atom is -0.349 e. The molecule has 2 aliphatic carbocycles. The lowest BCUT2D eigenvalue weighted by molar-refractivity contribution is 0.0728. The van der Waals surface area contributed by atoms with Crippen LogP contribution in [0.1, 0.15) is 63.1 Å². The number of nitrogens with zero attached hydrogens (tertiary/aromatic N) is 1. The van der Waals surface area contributed by atoms with Crippen molar-refractivity contribution in [3.8, 4) is 0 Å². The SMILES string of the molecule is Cc1cccc(C(=O)N(Cc2ccc(C(=O)NC3CC3)cc2)C2CC2)c1C. The minimum absolute atomic E-state index is 0.00504. The molecule has 4 heteroatoms. The lowest BCUT2D eigenvalue weighted by atomic mass is 10.0. The molecule has 2 aliphatic rings. The Hall–Kier alpha value is -2.62. The lowest BCUT2D eigenvalue weighted by Gasteiger charge is -2.24. The van der Waals surface area contributed by atoms with Crippen LogP contribution in [-0.2, 0) is 6.54 Å². The second-order valence-corrected chi connectivity index (χ2v) is 7.86. The molecule has 1 N–H and O–H groups in total. The lowest BCUT2D eigenvalue weighted by Crippen LogP contribution is -2.33. The first-order valence-corrected chi connectivity index (χ1v) is 9.80. The number of aryl methyl sites for hydroxylation is 1. The number of nitrogens with one attached hydrogen (secondary N) is 1. The van der Waals surface area contributed by atoms with E-state index in [-0.39, 0.29) is 11.8 Å². The van der Waals surface area contributed by atoms with Gasteiger partial charge in [-0.2, -0.15) is 0 Å². The molecule has 4 rings (SSSR count). The van der Waals surface area contributed by atoms with Crippen LogP contribution in [0.15, 0.2) is 42.5 Å². The van der Waals surface area contributed by atoms with Gasteiger partial charge in [-0.3, -0.25) is 9.59 Å². The highest BCUT2D eigenvalue weighted by Crippen LogP contribution is 2.31. The van der Waals surface area contributed by atoms with E-state index in [1.54, 1.807) is 0 Å². The summed E-state index contributed by atoms with van der Waals surface area (Å²) in [5, 5.41) is 3.01. The van der Waals surface area contributed by atoms with Gasteiger partial charge >= 0.3 is 0 Å². The summed E-state index contributed by atoms with van der Waals surface area (Å²) in [5.41, 5.74) is 4.73. The van der Waals surface area contributed by atoms with E-state index in [0.717, 1.165) is 47.9 Å². The highest BCUT2D eigenvalue weighted by molar-refractivity contribution is 5.96. The Morgan fingerprint density at radius 2 is 1.70 bits per heavy atom. The quantitative estimate of drug-likeness (QED) is 0.844. The summed E-state index contributed by atoms with van der Waals surface area (Å²) in [6, 6.07) is 14.3. The van der Waals surface area contributed by atoms with Gasteiger partial charge in [-0.15, -0.1) is 0 Å². The summed E-state index contributed by atoms with van der Waals surface area (Å²) >= 11 is 0. The molecule has 2 saturated carbocycles. The van der Waals surface area contributed by atoms with Crippen LogP contribution >= 0.6 is 0 Å². The van der Waals surface area contributed by atoms with Crippen molar-refractivity contribution in [1.82, 2.24) is 10.2 Å². The first-order valence-electron chi connectivity index (χ1n) is 9.80. The third-order valence-electron chi connectivity index (χ3n) is 5.57. The molecule has 2 aromatic rings.